The zero-order chi connectivity index (χ0) is 13.1. The first kappa shape index (κ1) is 12.0. The van der Waals surface area contributed by atoms with Crippen LogP contribution in [0.3, 0.4) is 0 Å². The van der Waals surface area contributed by atoms with Crippen LogP contribution >= 0.6 is 0 Å². The van der Waals surface area contributed by atoms with Crippen LogP contribution in [0.5, 0.6) is 11.5 Å². The van der Waals surface area contributed by atoms with Gasteiger partial charge in [-0.3, -0.25) is 0 Å². The van der Waals surface area contributed by atoms with Crippen molar-refractivity contribution < 1.29 is 23.8 Å². The monoisotopic (exact) mass is 249 g/mol. The number of carbonyl (C=O) groups is 1. The zero-order valence-electron chi connectivity index (χ0n) is 9.84. The quantitative estimate of drug-likeness (QED) is 0.893. The third-order valence-electron chi connectivity index (χ3n) is 2.42. The van der Waals surface area contributed by atoms with Crippen LogP contribution in [0.25, 0.3) is 11.3 Å². The molecule has 0 amide bonds. The fourth-order valence-electron chi connectivity index (χ4n) is 1.58. The Balaban J connectivity index is 2.61. The molecule has 6 heteroatoms. The van der Waals surface area contributed by atoms with Crippen molar-refractivity contribution in [3.8, 4) is 22.8 Å². The first-order chi connectivity index (χ1) is 8.67. The summed E-state index contributed by atoms with van der Waals surface area (Å²) in [4.78, 5) is 14.7. The summed E-state index contributed by atoms with van der Waals surface area (Å²) in [6.07, 6.45) is 1.08. The summed E-state index contributed by atoms with van der Waals surface area (Å²) in [6.45, 7) is 0. The lowest BCUT2D eigenvalue weighted by atomic mass is 10.1. The zero-order valence-corrected chi connectivity index (χ0v) is 9.84. The van der Waals surface area contributed by atoms with Gasteiger partial charge < -0.3 is 19.0 Å². The molecule has 0 unspecified atom stereocenters. The minimum atomic E-state index is -1.16. The Labute approximate surface area is 103 Å². The Hall–Kier alpha value is -2.50. The van der Waals surface area contributed by atoms with E-state index in [-0.39, 0.29) is 11.5 Å². The molecule has 6 nitrogen and oxygen atoms in total. The van der Waals surface area contributed by atoms with Crippen molar-refractivity contribution in [3.63, 3.8) is 0 Å². The minimum absolute atomic E-state index is 0.137. The van der Waals surface area contributed by atoms with Crippen LogP contribution in [-0.2, 0) is 0 Å². The highest BCUT2D eigenvalue weighted by molar-refractivity contribution is 5.93. The molecule has 0 bridgehead atoms. The Bertz CT molecular complexity index is 576. The Kier molecular flexibility index (Phi) is 3.18. The topological polar surface area (TPSA) is 81.8 Å². The molecule has 0 aliphatic carbocycles. The lowest BCUT2D eigenvalue weighted by Crippen LogP contribution is -1.99. The maximum absolute atomic E-state index is 11.0. The highest BCUT2D eigenvalue weighted by atomic mass is 16.5. The average molecular weight is 249 g/mol. The van der Waals surface area contributed by atoms with Crippen LogP contribution < -0.4 is 9.47 Å². The maximum Gasteiger partial charge on any atom is 0.358 e. The molecular weight excluding hydrogens is 238 g/mol. The molecule has 0 saturated heterocycles. The molecule has 0 aliphatic heterocycles. The standard InChI is InChI=1S/C12H11NO5/c1-16-7-3-4-9(17-2)8(5-7)11-10(12(14)15)13-6-18-11/h3-6H,1-2H3,(H,14,15). The molecule has 0 aliphatic rings. The molecule has 0 atom stereocenters. The van der Waals surface area contributed by atoms with Crippen LogP contribution in [0.15, 0.2) is 29.0 Å². The van der Waals surface area contributed by atoms with Crippen LogP contribution in [-0.4, -0.2) is 30.3 Å². The lowest BCUT2D eigenvalue weighted by Gasteiger charge is -2.08. The number of nitrogens with zero attached hydrogens (tertiary/aromatic N) is 1. The van der Waals surface area contributed by atoms with Crippen LogP contribution in [0.2, 0.25) is 0 Å². The van der Waals surface area contributed by atoms with Gasteiger partial charge in [-0.1, -0.05) is 0 Å². The number of rotatable bonds is 4. The van der Waals surface area contributed by atoms with E-state index in [2.05, 4.69) is 4.98 Å². The fourth-order valence-corrected chi connectivity index (χ4v) is 1.58. The SMILES string of the molecule is COc1ccc(OC)c(-c2ocnc2C(=O)O)c1. The highest BCUT2D eigenvalue weighted by Gasteiger charge is 2.20. The molecule has 1 heterocycles. The summed E-state index contributed by atoms with van der Waals surface area (Å²) in [5.41, 5.74) is 0.313. The number of hydrogen-bond acceptors (Lipinski definition) is 5. The number of aromatic carboxylic acids is 1. The van der Waals surface area contributed by atoms with E-state index in [1.54, 1.807) is 18.2 Å². The van der Waals surface area contributed by atoms with Crippen LogP contribution in [0.1, 0.15) is 10.5 Å². The summed E-state index contributed by atoms with van der Waals surface area (Å²) in [5, 5.41) is 9.01. The molecule has 1 aromatic carbocycles. The van der Waals surface area contributed by atoms with Crippen molar-refractivity contribution in [2.45, 2.75) is 0 Å². The number of methoxy groups -OCH3 is 2. The third kappa shape index (κ3) is 2.00. The smallest absolute Gasteiger partial charge is 0.358 e. The van der Waals surface area contributed by atoms with Gasteiger partial charge in [-0.25, -0.2) is 9.78 Å². The fraction of sp³-hybridized carbons (Fsp3) is 0.167. The summed E-state index contributed by atoms with van der Waals surface area (Å²) >= 11 is 0. The average Bonchev–Trinajstić information content (AvgIpc) is 2.87. The molecule has 0 radical (unpaired) electrons. The molecule has 1 N–H and O–H groups in total. The minimum Gasteiger partial charge on any atom is -0.497 e. The summed E-state index contributed by atoms with van der Waals surface area (Å²) in [5.74, 6) is 0.0236. The largest absolute Gasteiger partial charge is 0.497 e. The van der Waals surface area contributed by atoms with Crippen molar-refractivity contribution in [3.05, 3.63) is 30.3 Å². The second-order valence-corrected chi connectivity index (χ2v) is 3.40. The van der Waals surface area contributed by atoms with Gasteiger partial charge in [0, 0.05) is 0 Å². The van der Waals surface area contributed by atoms with E-state index in [0.29, 0.717) is 17.1 Å². The number of carboxylic acids is 1. The van der Waals surface area contributed by atoms with Gasteiger partial charge in [0.25, 0.3) is 0 Å². The third-order valence-corrected chi connectivity index (χ3v) is 2.42. The highest BCUT2D eigenvalue weighted by Crippen LogP contribution is 2.35. The van der Waals surface area contributed by atoms with Gasteiger partial charge in [0.1, 0.15) is 11.5 Å². The number of benzene rings is 1. The van der Waals surface area contributed by atoms with Gasteiger partial charge >= 0.3 is 5.97 Å². The van der Waals surface area contributed by atoms with Crippen molar-refractivity contribution in [2.24, 2.45) is 0 Å². The van der Waals surface area contributed by atoms with Gasteiger partial charge in [0.05, 0.1) is 19.8 Å². The molecule has 0 fully saturated rings. The molecule has 0 spiro atoms. The molecular formula is C12H11NO5. The van der Waals surface area contributed by atoms with Gasteiger partial charge in [-0.05, 0) is 18.2 Å². The van der Waals surface area contributed by atoms with E-state index in [0.717, 1.165) is 6.39 Å². The van der Waals surface area contributed by atoms with Crippen molar-refractivity contribution >= 4 is 5.97 Å². The summed E-state index contributed by atoms with van der Waals surface area (Å²) in [6, 6.07) is 5.01. The van der Waals surface area contributed by atoms with Gasteiger partial charge in [0.2, 0.25) is 0 Å². The van der Waals surface area contributed by atoms with Gasteiger partial charge in [-0.2, -0.15) is 0 Å². The van der Waals surface area contributed by atoms with Crippen LogP contribution in [0.4, 0.5) is 0 Å². The van der Waals surface area contributed by atoms with E-state index in [9.17, 15) is 4.79 Å². The summed E-state index contributed by atoms with van der Waals surface area (Å²) < 4.78 is 15.4. The van der Waals surface area contributed by atoms with E-state index < -0.39 is 5.97 Å². The molecule has 18 heavy (non-hydrogen) atoms. The number of hydrogen-bond donors (Lipinski definition) is 1. The number of oxazole rings is 1. The molecule has 94 valence electrons. The van der Waals surface area contributed by atoms with E-state index in [4.69, 9.17) is 19.0 Å². The van der Waals surface area contributed by atoms with Crippen molar-refractivity contribution in [1.82, 2.24) is 4.98 Å². The van der Waals surface area contributed by atoms with E-state index >= 15 is 0 Å². The lowest BCUT2D eigenvalue weighted by molar-refractivity contribution is 0.0691. The number of ether oxygens (including phenoxy) is 2. The number of aromatic nitrogens is 1. The first-order valence-electron chi connectivity index (χ1n) is 5.06. The van der Waals surface area contributed by atoms with Crippen molar-refractivity contribution in [2.75, 3.05) is 14.2 Å². The molecule has 1 aromatic heterocycles. The molecule has 2 aromatic rings. The first-order valence-corrected chi connectivity index (χ1v) is 5.06. The Morgan fingerprint density at radius 3 is 2.72 bits per heavy atom. The Morgan fingerprint density at radius 1 is 1.33 bits per heavy atom. The Morgan fingerprint density at radius 2 is 2.11 bits per heavy atom. The predicted octanol–water partition coefficient (Wildman–Crippen LogP) is 2.06. The normalized spacial score (nSPS) is 10.1. The second-order valence-electron chi connectivity index (χ2n) is 3.40. The van der Waals surface area contributed by atoms with Gasteiger partial charge in [-0.15, -0.1) is 0 Å². The number of carboxylic acid groups (broad SMARTS) is 1. The van der Waals surface area contributed by atoms with E-state index in [1.807, 2.05) is 0 Å². The van der Waals surface area contributed by atoms with E-state index in [1.165, 1.54) is 14.2 Å². The second kappa shape index (κ2) is 4.79. The summed E-state index contributed by atoms with van der Waals surface area (Å²) in [7, 11) is 3.01. The molecule has 0 saturated carbocycles. The van der Waals surface area contributed by atoms with Crippen molar-refractivity contribution in [1.29, 1.82) is 0 Å². The predicted molar refractivity (Wildman–Crippen MR) is 62.0 cm³/mol. The van der Waals surface area contributed by atoms with Crippen LogP contribution in [0, 0.1) is 0 Å². The maximum atomic E-state index is 11.0. The molecule has 2 rings (SSSR count). The van der Waals surface area contributed by atoms with Gasteiger partial charge in [0.15, 0.2) is 17.8 Å².